The fraction of sp³-hybridized carbons (Fsp3) is 0.750. The summed E-state index contributed by atoms with van der Waals surface area (Å²) < 4.78 is 1.95. The molecule has 0 radical (unpaired) electrons. The van der Waals surface area contributed by atoms with Crippen LogP contribution >= 0.6 is 0 Å². The van der Waals surface area contributed by atoms with E-state index in [1.54, 1.807) is 0 Å². The first-order chi connectivity index (χ1) is 7.11. The highest BCUT2D eigenvalue weighted by molar-refractivity contribution is 5.22. The van der Waals surface area contributed by atoms with Crippen LogP contribution in [0.15, 0.2) is 12.4 Å². The van der Waals surface area contributed by atoms with Crippen molar-refractivity contribution in [3.8, 4) is 0 Å². The average molecular weight is 208 g/mol. The Labute approximate surface area is 91.1 Å². The zero-order chi connectivity index (χ0) is 11.1. The molecule has 0 amide bonds. The fourth-order valence-corrected chi connectivity index (χ4v) is 2.56. The SMILES string of the molecule is CCn1cc(C2CC(O)C2(C)CC)cn1. The van der Waals surface area contributed by atoms with Gasteiger partial charge >= 0.3 is 0 Å². The van der Waals surface area contributed by atoms with Crippen LogP contribution in [-0.2, 0) is 6.54 Å². The number of hydrogen-bond donors (Lipinski definition) is 1. The van der Waals surface area contributed by atoms with E-state index in [0.717, 1.165) is 19.4 Å². The monoisotopic (exact) mass is 208 g/mol. The lowest BCUT2D eigenvalue weighted by molar-refractivity contribution is -0.0777. The Bertz CT molecular complexity index is 347. The zero-order valence-electron chi connectivity index (χ0n) is 9.77. The minimum absolute atomic E-state index is 0.0571. The Kier molecular flexibility index (Phi) is 2.59. The lowest BCUT2D eigenvalue weighted by Gasteiger charge is -2.51. The third-order valence-electron chi connectivity index (χ3n) is 4.16. The molecule has 1 aromatic heterocycles. The van der Waals surface area contributed by atoms with Gasteiger partial charge in [-0.1, -0.05) is 13.8 Å². The molecule has 3 unspecified atom stereocenters. The lowest BCUT2D eigenvalue weighted by atomic mass is 9.56. The molecule has 3 heteroatoms. The summed E-state index contributed by atoms with van der Waals surface area (Å²) in [5.74, 6) is 0.484. The van der Waals surface area contributed by atoms with Gasteiger partial charge < -0.3 is 5.11 Å². The lowest BCUT2D eigenvalue weighted by Crippen LogP contribution is -2.49. The van der Waals surface area contributed by atoms with Gasteiger partial charge in [0.15, 0.2) is 0 Å². The van der Waals surface area contributed by atoms with Crippen molar-refractivity contribution in [3.05, 3.63) is 18.0 Å². The smallest absolute Gasteiger partial charge is 0.0605 e. The van der Waals surface area contributed by atoms with Crippen molar-refractivity contribution in [1.29, 1.82) is 0 Å². The van der Waals surface area contributed by atoms with Crippen molar-refractivity contribution in [3.63, 3.8) is 0 Å². The van der Waals surface area contributed by atoms with Crippen molar-refractivity contribution < 1.29 is 5.11 Å². The van der Waals surface area contributed by atoms with E-state index in [1.807, 2.05) is 10.9 Å². The molecule has 1 heterocycles. The van der Waals surface area contributed by atoms with E-state index < -0.39 is 0 Å². The Balaban J connectivity index is 2.19. The van der Waals surface area contributed by atoms with Gasteiger partial charge in [-0.15, -0.1) is 0 Å². The van der Waals surface area contributed by atoms with E-state index in [-0.39, 0.29) is 11.5 Å². The second kappa shape index (κ2) is 3.63. The molecule has 0 spiro atoms. The van der Waals surface area contributed by atoms with Gasteiger partial charge in [0.25, 0.3) is 0 Å². The first-order valence-corrected chi connectivity index (χ1v) is 5.82. The highest BCUT2D eigenvalue weighted by atomic mass is 16.3. The topological polar surface area (TPSA) is 38.0 Å². The summed E-state index contributed by atoms with van der Waals surface area (Å²) in [6, 6.07) is 0. The normalized spacial score (nSPS) is 35.2. The summed E-state index contributed by atoms with van der Waals surface area (Å²) in [6.07, 6.45) is 5.84. The van der Waals surface area contributed by atoms with Crippen LogP contribution < -0.4 is 0 Å². The van der Waals surface area contributed by atoms with Gasteiger partial charge in [0.05, 0.1) is 12.3 Å². The number of aryl methyl sites for hydroxylation is 1. The molecular formula is C12H20N2O. The zero-order valence-corrected chi connectivity index (χ0v) is 9.77. The summed E-state index contributed by atoms with van der Waals surface area (Å²) in [5, 5.41) is 14.1. The van der Waals surface area contributed by atoms with E-state index in [9.17, 15) is 5.11 Å². The fourth-order valence-electron chi connectivity index (χ4n) is 2.56. The molecule has 3 nitrogen and oxygen atoms in total. The number of hydrogen-bond acceptors (Lipinski definition) is 2. The first-order valence-electron chi connectivity index (χ1n) is 5.82. The minimum atomic E-state index is -0.141. The van der Waals surface area contributed by atoms with Crippen molar-refractivity contribution in [2.24, 2.45) is 5.41 Å². The molecule has 2 rings (SSSR count). The van der Waals surface area contributed by atoms with Crippen LogP contribution in [0.4, 0.5) is 0 Å². The van der Waals surface area contributed by atoms with Crippen LogP contribution in [-0.4, -0.2) is 21.0 Å². The number of nitrogens with zero attached hydrogens (tertiary/aromatic N) is 2. The van der Waals surface area contributed by atoms with E-state index in [4.69, 9.17) is 0 Å². The predicted molar refractivity (Wildman–Crippen MR) is 59.7 cm³/mol. The number of aliphatic hydroxyl groups excluding tert-OH is 1. The maximum absolute atomic E-state index is 9.84. The van der Waals surface area contributed by atoms with Gasteiger partial charge in [-0.3, -0.25) is 4.68 Å². The molecule has 1 N–H and O–H groups in total. The first kappa shape index (κ1) is 10.7. The summed E-state index contributed by atoms with van der Waals surface area (Å²) in [5.41, 5.74) is 1.34. The standard InChI is InChI=1S/C12H20N2O/c1-4-12(3)10(6-11(12)15)9-7-13-14(5-2)8-9/h7-8,10-11,15H,4-6H2,1-3H3. The number of aromatic nitrogens is 2. The van der Waals surface area contributed by atoms with Gasteiger partial charge in [-0.2, -0.15) is 5.10 Å². The minimum Gasteiger partial charge on any atom is -0.393 e. The van der Waals surface area contributed by atoms with Crippen LogP contribution in [0.25, 0.3) is 0 Å². The molecule has 0 bridgehead atoms. The number of rotatable bonds is 3. The Morgan fingerprint density at radius 1 is 1.60 bits per heavy atom. The Morgan fingerprint density at radius 2 is 2.33 bits per heavy atom. The maximum Gasteiger partial charge on any atom is 0.0605 e. The summed E-state index contributed by atoms with van der Waals surface area (Å²) >= 11 is 0. The molecule has 0 aromatic carbocycles. The molecule has 1 aliphatic rings. The predicted octanol–water partition coefficient (Wildman–Crippen LogP) is 2.17. The molecule has 1 aliphatic carbocycles. The van der Waals surface area contributed by atoms with Crippen molar-refractivity contribution >= 4 is 0 Å². The van der Waals surface area contributed by atoms with Crippen LogP contribution in [0, 0.1) is 5.41 Å². The van der Waals surface area contributed by atoms with E-state index in [0.29, 0.717) is 5.92 Å². The molecule has 1 aromatic rings. The molecule has 84 valence electrons. The van der Waals surface area contributed by atoms with Gasteiger partial charge in [0, 0.05) is 18.2 Å². The van der Waals surface area contributed by atoms with Crippen LogP contribution in [0.2, 0.25) is 0 Å². The maximum atomic E-state index is 9.84. The molecule has 1 fully saturated rings. The average Bonchev–Trinajstić information content (AvgIpc) is 2.72. The third kappa shape index (κ3) is 1.49. The van der Waals surface area contributed by atoms with E-state index in [2.05, 4.69) is 32.1 Å². The number of aliphatic hydroxyl groups is 1. The van der Waals surface area contributed by atoms with E-state index in [1.165, 1.54) is 5.56 Å². The van der Waals surface area contributed by atoms with Gasteiger partial charge in [0.2, 0.25) is 0 Å². The molecule has 3 atom stereocenters. The van der Waals surface area contributed by atoms with Crippen LogP contribution in [0.5, 0.6) is 0 Å². The molecule has 15 heavy (non-hydrogen) atoms. The second-order valence-corrected chi connectivity index (χ2v) is 4.79. The Morgan fingerprint density at radius 3 is 2.80 bits per heavy atom. The highest BCUT2D eigenvalue weighted by Crippen LogP contribution is 2.54. The summed E-state index contributed by atoms with van der Waals surface area (Å²) in [6.45, 7) is 7.33. The third-order valence-corrected chi connectivity index (χ3v) is 4.16. The molecular weight excluding hydrogens is 188 g/mol. The molecule has 0 saturated heterocycles. The van der Waals surface area contributed by atoms with Crippen LogP contribution in [0.1, 0.15) is 45.1 Å². The molecule has 1 saturated carbocycles. The van der Waals surface area contributed by atoms with Crippen molar-refractivity contribution in [2.75, 3.05) is 0 Å². The quantitative estimate of drug-likeness (QED) is 0.826. The summed E-state index contributed by atoms with van der Waals surface area (Å²) in [7, 11) is 0. The van der Waals surface area contributed by atoms with Gasteiger partial charge in [0.1, 0.15) is 0 Å². The van der Waals surface area contributed by atoms with Crippen molar-refractivity contribution in [2.45, 2.75) is 52.2 Å². The highest BCUT2D eigenvalue weighted by Gasteiger charge is 2.50. The summed E-state index contributed by atoms with van der Waals surface area (Å²) in [4.78, 5) is 0. The van der Waals surface area contributed by atoms with Crippen molar-refractivity contribution in [1.82, 2.24) is 9.78 Å². The van der Waals surface area contributed by atoms with E-state index >= 15 is 0 Å². The van der Waals surface area contributed by atoms with Gasteiger partial charge in [-0.05, 0) is 31.2 Å². The second-order valence-electron chi connectivity index (χ2n) is 4.79. The Hall–Kier alpha value is -0.830. The van der Waals surface area contributed by atoms with Gasteiger partial charge in [-0.25, -0.2) is 0 Å². The van der Waals surface area contributed by atoms with Crippen LogP contribution in [0.3, 0.4) is 0 Å². The largest absolute Gasteiger partial charge is 0.393 e. The molecule has 0 aliphatic heterocycles.